The molecule has 3 nitrogen and oxygen atoms in total. The molecular weight excluding hydrogens is 224 g/mol. The van der Waals surface area contributed by atoms with E-state index in [0.29, 0.717) is 22.8 Å². The Morgan fingerprint density at radius 3 is 2.59 bits per heavy atom. The second kappa shape index (κ2) is 3.98. The molecule has 0 aliphatic heterocycles. The fourth-order valence-electron chi connectivity index (χ4n) is 1.58. The Bertz CT molecular complexity index is 623. The molecule has 0 aliphatic rings. The minimum atomic E-state index is -0.949. The number of hydrogen-bond donors (Lipinski definition) is 0. The van der Waals surface area contributed by atoms with Crippen molar-refractivity contribution in [1.29, 1.82) is 5.26 Å². The molecule has 0 N–H and O–H groups in total. The van der Waals surface area contributed by atoms with E-state index >= 15 is 0 Å². The van der Waals surface area contributed by atoms with E-state index in [1.54, 1.807) is 18.5 Å². The molecule has 86 valence electrons. The summed E-state index contributed by atoms with van der Waals surface area (Å²) in [6.45, 7) is 1.74. The van der Waals surface area contributed by atoms with Crippen molar-refractivity contribution in [3.05, 3.63) is 41.4 Å². The highest BCUT2D eigenvalue weighted by molar-refractivity contribution is 5.65. The maximum absolute atomic E-state index is 13.1. The van der Waals surface area contributed by atoms with Crippen LogP contribution in [0.15, 0.2) is 18.2 Å². The number of rotatable bonds is 1. The molecule has 2 aromatic rings. The van der Waals surface area contributed by atoms with E-state index < -0.39 is 11.6 Å². The minimum absolute atomic E-state index is 0.327. The van der Waals surface area contributed by atoms with E-state index in [9.17, 15) is 8.78 Å². The van der Waals surface area contributed by atoms with Crippen LogP contribution in [0.3, 0.4) is 0 Å². The number of hydrogen-bond acceptors (Lipinski definition) is 2. The largest absolute Gasteiger partial charge is 0.323 e. The van der Waals surface area contributed by atoms with Gasteiger partial charge in [-0.3, -0.25) is 0 Å². The summed E-state index contributed by atoms with van der Waals surface area (Å²) in [7, 11) is 1.70. The lowest BCUT2D eigenvalue weighted by Crippen LogP contribution is -1.94. The van der Waals surface area contributed by atoms with Crippen LogP contribution >= 0.6 is 0 Å². The third-order valence-corrected chi connectivity index (χ3v) is 2.62. The second-order valence-electron chi connectivity index (χ2n) is 3.66. The van der Waals surface area contributed by atoms with Gasteiger partial charge in [-0.25, -0.2) is 13.8 Å². The van der Waals surface area contributed by atoms with E-state index in [2.05, 4.69) is 4.98 Å². The molecule has 0 spiro atoms. The summed E-state index contributed by atoms with van der Waals surface area (Å²) in [5, 5.41) is 9.02. The van der Waals surface area contributed by atoms with Gasteiger partial charge in [0.15, 0.2) is 11.6 Å². The molecular formula is C12H9F2N3. The number of halogens is 2. The standard InChI is InChI=1S/C12H9F2N3/c1-7-16-12(11(6-15)17(7)2)8-3-4-9(13)10(14)5-8/h3-5H,1-2H3. The van der Waals surface area contributed by atoms with Gasteiger partial charge in [-0.15, -0.1) is 0 Å². The summed E-state index contributed by atoms with van der Waals surface area (Å²) in [6, 6.07) is 5.47. The molecule has 17 heavy (non-hydrogen) atoms. The van der Waals surface area contributed by atoms with E-state index in [4.69, 9.17) is 5.26 Å². The van der Waals surface area contributed by atoms with Gasteiger partial charge in [0.2, 0.25) is 0 Å². The van der Waals surface area contributed by atoms with Crippen LogP contribution in [0.4, 0.5) is 8.78 Å². The van der Waals surface area contributed by atoms with Crippen LogP contribution in [0.25, 0.3) is 11.3 Å². The summed E-state index contributed by atoms with van der Waals surface area (Å²) < 4.78 is 27.5. The van der Waals surface area contributed by atoms with E-state index in [0.717, 1.165) is 12.1 Å². The van der Waals surface area contributed by atoms with Gasteiger partial charge in [0, 0.05) is 12.6 Å². The molecule has 0 fully saturated rings. The molecule has 1 heterocycles. The Hall–Kier alpha value is -2.22. The zero-order valence-electron chi connectivity index (χ0n) is 9.33. The van der Waals surface area contributed by atoms with Crippen molar-refractivity contribution in [2.24, 2.45) is 7.05 Å². The summed E-state index contributed by atoms with van der Waals surface area (Å²) in [6.07, 6.45) is 0. The topological polar surface area (TPSA) is 41.6 Å². The van der Waals surface area contributed by atoms with Gasteiger partial charge in [0.05, 0.1) is 0 Å². The summed E-state index contributed by atoms with van der Waals surface area (Å²) in [4.78, 5) is 4.17. The minimum Gasteiger partial charge on any atom is -0.323 e. The Labute approximate surface area is 96.9 Å². The third kappa shape index (κ3) is 1.78. The van der Waals surface area contributed by atoms with Crippen molar-refractivity contribution >= 4 is 0 Å². The molecule has 0 atom stereocenters. The van der Waals surface area contributed by atoms with E-state index in [-0.39, 0.29) is 0 Å². The molecule has 0 saturated carbocycles. The number of benzene rings is 1. The van der Waals surface area contributed by atoms with Crippen molar-refractivity contribution in [2.45, 2.75) is 6.92 Å². The smallest absolute Gasteiger partial charge is 0.159 e. The lowest BCUT2D eigenvalue weighted by molar-refractivity contribution is 0.509. The SMILES string of the molecule is Cc1nc(-c2ccc(F)c(F)c2)c(C#N)n1C. The predicted molar refractivity (Wildman–Crippen MR) is 58.0 cm³/mol. The van der Waals surface area contributed by atoms with Crippen LogP contribution in [0.1, 0.15) is 11.5 Å². The lowest BCUT2D eigenvalue weighted by atomic mass is 10.1. The second-order valence-corrected chi connectivity index (χ2v) is 3.66. The fraction of sp³-hybridized carbons (Fsp3) is 0.167. The van der Waals surface area contributed by atoms with Crippen molar-refractivity contribution in [3.63, 3.8) is 0 Å². The molecule has 1 aromatic heterocycles. The molecule has 1 aromatic carbocycles. The van der Waals surface area contributed by atoms with Crippen LogP contribution in [0, 0.1) is 29.9 Å². The lowest BCUT2D eigenvalue weighted by Gasteiger charge is -1.99. The van der Waals surface area contributed by atoms with Crippen molar-refractivity contribution in [1.82, 2.24) is 9.55 Å². The van der Waals surface area contributed by atoms with Gasteiger partial charge < -0.3 is 4.57 Å². The molecule has 0 saturated heterocycles. The van der Waals surface area contributed by atoms with Gasteiger partial charge in [-0.1, -0.05) is 0 Å². The number of aromatic nitrogens is 2. The summed E-state index contributed by atoms with van der Waals surface area (Å²) >= 11 is 0. The molecule has 0 bridgehead atoms. The number of imidazole rings is 1. The van der Waals surface area contributed by atoms with Gasteiger partial charge in [-0.05, 0) is 25.1 Å². The Kier molecular flexibility index (Phi) is 2.64. The predicted octanol–water partition coefficient (Wildman–Crippen LogP) is 2.55. The number of aryl methyl sites for hydroxylation is 1. The average molecular weight is 233 g/mol. The highest BCUT2D eigenvalue weighted by Crippen LogP contribution is 2.24. The molecule has 0 unspecified atom stereocenters. The average Bonchev–Trinajstić information content (AvgIpc) is 2.59. The highest BCUT2D eigenvalue weighted by Gasteiger charge is 2.15. The van der Waals surface area contributed by atoms with Crippen molar-refractivity contribution in [3.8, 4) is 17.3 Å². The monoisotopic (exact) mass is 233 g/mol. The van der Waals surface area contributed by atoms with E-state index in [1.165, 1.54) is 6.07 Å². The van der Waals surface area contributed by atoms with Gasteiger partial charge in [-0.2, -0.15) is 5.26 Å². The normalized spacial score (nSPS) is 10.3. The summed E-state index contributed by atoms with van der Waals surface area (Å²) in [5.41, 5.74) is 1.09. The van der Waals surface area contributed by atoms with Gasteiger partial charge in [0.25, 0.3) is 0 Å². The maximum Gasteiger partial charge on any atom is 0.159 e. The number of nitrogens with zero attached hydrogens (tertiary/aromatic N) is 3. The van der Waals surface area contributed by atoms with Crippen LogP contribution in [0.5, 0.6) is 0 Å². The van der Waals surface area contributed by atoms with Gasteiger partial charge >= 0.3 is 0 Å². The Morgan fingerprint density at radius 2 is 2.00 bits per heavy atom. The highest BCUT2D eigenvalue weighted by atomic mass is 19.2. The van der Waals surface area contributed by atoms with Crippen LogP contribution in [-0.2, 0) is 7.05 Å². The van der Waals surface area contributed by atoms with Crippen LogP contribution < -0.4 is 0 Å². The van der Waals surface area contributed by atoms with Crippen LogP contribution in [0.2, 0.25) is 0 Å². The first kappa shape index (κ1) is 11.3. The van der Waals surface area contributed by atoms with Crippen LogP contribution in [-0.4, -0.2) is 9.55 Å². The third-order valence-electron chi connectivity index (χ3n) is 2.62. The van der Waals surface area contributed by atoms with Crippen molar-refractivity contribution < 1.29 is 8.78 Å². The Balaban J connectivity index is 2.65. The zero-order chi connectivity index (χ0) is 12.6. The zero-order valence-corrected chi connectivity index (χ0v) is 9.33. The van der Waals surface area contributed by atoms with E-state index in [1.807, 2.05) is 6.07 Å². The first-order valence-electron chi connectivity index (χ1n) is 4.93. The quantitative estimate of drug-likeness (QED) is 0.759. The van der Waals surface area contributed by atoms with Gasteiger partial charge in [0.1, 0.15) is 23.3 Å². The fourth-order valence-corrected chi connectivity index (χ4v) is 1.58. The maximum atomic E-state index is 13.1. The first-order valence-corrected chi connectivity index (χ1v) is 4.93. The molecule has 5 heteroatoms. The molecule has 0 radical (unpaired) electrons. The first-order chi connectivity index (χ1) is 8.04. The van der Waals surface area contributed by atoms with Crippen molar-refractivity contribution in [2.75, 3.05) is 0 Å². The molecule has 2 rings (SSSR count). The number of nitriles is 1. The summed E-state index contributed by atoms with van der Waals surface area (Å²) in [5.74, 6) is -1.23. The Morgan fingerprint density at radius 1 is 1.29 bits per heavy atom. The molecule has 0 aliphatic carbocycles. The molecule has 0 amide bonds.